The number of ether oxygens (including phenoxy) is 3. The van der Waals surface area contributed by atoms with Crippen molar-refractivity contribution in [3.8, 4) is 11.5 Å². The fourth-order valence-corrected chi connectivity index (χ4v) is 3.85. The van der Waals surface area contributed by atoms with Crippen molar-refractivity contribution in [1.82, 2.24) is 4.90 Å². The summed E-state index contributed by atoms with van der Waals surface area (Å²) < 4.78 is 17.1. The Hall–Kier alpha value is -1.51. The van der Waals surface area contributed by atoms with E-state index in [0.717, 1.165) is 28.2 Å². The molecule has 27 heavy (non-hydrogen) atoms. The molecular formula is C19H24BrNO5S. The summed E-state index contributed by atoms with van der Waals surface area (Å²) in [5.41, 5.74) is 0.748. The fourth-order valence-electron chi connectivity index (χ4n) is 2.43. The van der Waals surface area contributed by atoms with Gasteiger partial charge in [0.15, 0.2) is 11.5 Å². The second-order valence-corrected chi connectivity index (χ2v) is 7.90. The van der Waals surface area contributed by atoms with Gasteiger partial charge in [0.2, 0.25) is 0 Å². The first kappa shape index (κ1) is 21.8. The summed E-state index contributed by atoms with van der Waals surface area (Å²) in [5.74, 6) is 0.906. The van der Waals surface area contributed by atoms with E-state index in [1.807, 2.05) is 19.9 Å². The van der Waals surface area contributed by atoms with E-state index < -0.39 is 0 Å². The number of thioether (sulfide) groups is 1. The van der Waals surface area contributed by atoms with E-state index >= 15 is 0 Å². The molecule has 0 bridgehead atoms. The number of carbonyl (C=O) groups excluding carboxylic acids is 2. The van der Waals surface area contributed by atoms with Crippen LogP contribution in [-0.4, -0.2) is 49.5 Å². The molecule has 1 heterocycles. The number of hydrogen-bond acceptors (Lipinski definition) is 6. The van der Waals surface area contributed by atoms with Crippen LogP contribution in [-0.2, 0) is 9.53 Å². The highest BCUT2D eigenvalue weighted by atomic mass is 79.9. The number of carbonyl (C=O) groups is 2. The van der Waals surface area contributed by atoms with Gasteiger partial charge in [-0.15, -0.1) is 0 Å². The van der Waals surface area contributed by atoms with Crippen LogP contribution >= 0.6 is 27.7 Å². The van der Waals surface area contributed by atoms with E-state index in [9.17, 15) is 9.59 Å². The minimum Gasteiger partial charge on any atom is -0.493 e. The van der Waals surface area contributed by atoms with Crippen LogP contribution in [0, 0.1) is 0 Å². The van der Waals surface area contributed by atoms with E-state index in [-0.39, 0.29) is 17.3 Å². The molecule has 1 aliphatic rings. The molecule has 0 unspecified atom stereocenters. The van der Waals surface area contributed by atoms with Gasteiger partial charge in [0, 0.05) is 20.3 Å². The van der Waals surface area contributed by atoms with E-state index in [1.165, 1.54) is 4.90 Å². The maximum absolute atomic E-state index is 12.5. The molecule has 1 atom stereocenters. The first-order chi connectivity index (χ1) is 12.9. The SMILES string of the molecule is CC[C@H](C)Oc1c(Br)cc(/C=C2/SC(=O)N(CCCOC)C2=O)cc1OC. The predicted molar refractivity (Wildman–Crippen MR) is 110 cm³/mol. The Kier molecular flexibility index (Phi) is 8.19. The van der Waals surface area contributed by atoms with E-state index in [0.29, 0.717) is 36.0 Å². The molecule has 1 saturated heterocycles. The topological polar surface area (TPSA) is 65.1 Å². The Balaban J connectivity index is 2.24. The van der Waals surface area contributed by atoms with Crippen molar-refractivity contribution < 1.29 is 23.8 Å². The Labute approximate surface area is 172 Å². The lowest BCUT2D eigenvalue weighted by atomic mass is 10.1. The highest BCUT2D eigenvalue weighted by Gasteiger charge is 2.34. The maximum Gasteiger partial charge on any atom is 0.293 e. The van der Waals surface area contributed by atoms with Crippen LogP contribution in [0.3, 0.4) is 0 Å². The third-order valence-electron chi connectivity index (χ3n) is 4.05. The molecule has 0 N–H and O–H groups in total. The number of amides is 2. The lowest BCUT2D eigenvalue weighted by Crippen LogP contribution is -2.29. The molecule has 0 radical (unpaired) electrons. The normalized spacial score (nSPS) is 16.9. The van der Waals surface area contributed by atoms with Crippen LogP contribution in [0.15, 0.2) is 21.5 Å². The zero-order valence-electron chi connectivity index (χ0n) is 15.9. The van der Waals surface area contributed by atoms with Crippen LogP contribution < -0.4 is 9.47 Å². The predicted octanol–water partition coefficient (Wildman–Crippen LogP) is 4.71. The van der Waals surface area contributed by atoms with Crippen LogP contribution in [0.2, 0.25) is 0 Å². The van der Waals surface area contributed by atoms with Gasteiger partial charge in [-0.3, -0.25) is 14.5 Å². The van der Waals surface area contributed by atoms with Gasteiger partial charge in [-0.2, -0.15) is 0 Å². The average molecular weight is 458 g/mol. The highest BCUT2D eigenvalue weighted by molar-refractivity contribution is 9.10. The molecule has 0 saturated carbocycles. The standard InChI is InChI=1S/C19H24BrNO5S/c1-5-12(2)26-17-14(20)9-13(10-15(17)25-4)11-16-18(22)21(19(23)27-16)7-6-8-24-3/h9-12H,5-8H2,1-4H3/b16-11+/t12-/m0/s1. The van der Waals surface area contributed by atoms with Crippen molar-refractivity contribution in [2.24, 2.45) is 0 Å². The Morgan fingerprint density at radius 3 is 2.67 bits per heavy atom. The summed E-state index contributed by atoms with van der Waals surface area (Å²) in [6.07, 6.45) is 3.22. The van der Waals surface area contributed by atoms with Crippen LogP contribution in [0.4, 0.5) is 4.79 Å². The summed E-state index contributed by atoms with van der Waals surface area (Å²) >= 11 is 4.45. The second kappa shape index (κ2) is 10.1. The number of benzene rings is 1. The number of hydrogen-bond donors (Lipinski definition) is 0. The van der Waals surface area contributed by atoms with Gasteiger partial charge in [-0.1, -0.05) is 6.92 Å². The van der Waals surface area contributed by atoms with Gasteiger partial charge >= 0.3 is 0 Å². The van der Waals surface area contributed by atoms with Gasteiger partial charge in [0.25, 0.3) is 11.1 Å². The zero-order valence-corrected chi connectivity index (χ0v) is 18.3. The van der Waals surface area contributed by atoms with E-state index in [4.69, 9.17) is 14.2 Å². The Bertz CT molecular complexity index is 737. The van der Waals surface area contributed by atoms with Crippen molar-refractivity contribution in [2.45, 2.75) is 32.8 Å². The number of nitrogens with zero attached hydrogens (tertiary/aromatic N) is 1. The molecule has 2 amide bonds. The molecule has 1 aromatic rings. The lowest BCUT2D eigenvalue weighted by Gasteiger charge is -2.17. The van der Waals surface area contributed by atoms with Crippen molar-refractivity contribution >= 4 is 44.9 Å². The summed E-state index contributed by atoms with van der Waals surface area (Å²) in [7, 11) is 3.16. The fraction of sp³-hybridized carbons (Fsp3) is 0.474. The molecule has 8 heteroatoms. The molecule has 1 aromatic carbocycles. The van der Waals surface area contributed by atoms with Gasteiger partial charge < -0.3 is 14.2 Å². The Morgan fingerprint density at radius 1 is 1.30 bits per heavy atom. The zero-order chi connectivity index (χ0) is 20.0. The Morgan fingerprint density at radius 2 is 2.04 bits per heavy atom. The van der Waals surface area contributed by atoms with Crippen molar-refractivity contribution in [2.75, 3.05) is 27.4 Å². The second-order valence-electron chi connectivity index (χ2n) is 6.05. The van der Waals surface area contributed by atoms with E-state index in [2.05, 4.69) is 15.9 Å². The van der Waals surface area contributed by atoms with E-state index in [1.54, 1.807) is 26.4 Å². The molecule has 0 aliphatic carbocycles. The van der Waals surface area contributed by atoms with Crippen LogP contribution in [0.25, 0.3) is 6.08 Å². The molecule has 148 valence electrons. The third-order valence-corrected chi connectivity index (χ3v) is 5.54. The van der Waals surface area contributed by atoms with Gasteiger partial charge in [-0.05, 0) is 71.2 Å². The smallest absolute Gasteiger partial charge is 0.293 e. The molecule has 0 spiro atoms. The van der Waals surface area contributed by atoms with Gasteiger partial charge in [-0.25, -0.2) is 0 Å². The van der Waals surface area contributed by atoms with Crippen molar-refractivity contribution in [3.05, 3.63) is 27.1 Å². The van der Waals surface area contributed by atoms with Gasteiger partial charge in [0.1, 0.15) is 0 Å². The minimum absolute atomic E-state index is 0.0460. The molecule has 2 rings (SSSR count). The average Bonchev–Trinajstić information content (AvgIpc) is 2.90. The summed E-state index contributed by atoms with van der Waals surface area (Å²) in [6.45, 7) is 4.88. The first-order valence-corrected chi connectivity index (χ1v) is 10.3. The highest BCUT2D eigenvalue weighted by Crippen LogP contribution is 2.39. The number of rotatable bonds is 9. The quantitative estimate of drug-likeness (QED) is 0.395. The monoisotopic (exact) mass is 457 g/mol. The molecule has 1 aliphatic heterocycles. The maximum atomic E-state index is 12.5. The molecule has 6 nitrogen and oxygen atoms in total. The number of imide groups is 1. The number of halogens is 1. The molecule has 0 aromatic heterocycles. The van der Waals surface area contributed by atoms with Crippen LogP contribution in [0.1, 0.15) is 32.3 Å². The molecular weight excluding hydrogens is 434 g/mol. The molecule has 1 fully saturated rings. The van der Waals surface area contributed by atoms with Crippen molar-refractivity contribution in [1.29, 1.82) is 0 Å². The number of methoxy groups -OCH3 is 2. The third kappa shape index (κ3) is 5.49. The minimum atomic E-state index is -0.281. The first-order valence-electron chi connectivity index (χ1n) is 8.69. The summed E-state index contributed by atoms with van der Waals surface area (Å²) in [6, 6.07) is 3.64. The summed E-state index contributed by atoms with van der Waals surface area (Å²) in [5, 5.41) is -0.259. The summed E-state index contributed by atoms with van der Waals surface area (Å²) in [4.78, 5) is 26.3. The van der Waals surface area contributed by atoms with Gasteiger partial charge in [0.05, 0.1) is 22.6 Å². The van der Waals surface area contributed by atoms with Crippen LogP contribution in [0.5, 0.6) is 11.5 Å². The van der Waals surface area contributed by atoms with Crippen molar-refractivity contribution in [3.63, 3.8) is 0 Å². The largest absolute Gasteiger partial charge is 0.493 e. The lowest BCUT2D eigenvalue weighted by molar-refractivity contribution is -0.122.